The quantitative estimate of drug-likeness (QED) is 0.716. The van der Waals surface area contributed by atoms with Crippen molar-refractivity contribution in [2.45, 2.75) is 46.3 Å². The summed E-state index contributed by atoms with van der Waals surface area (Å²) >= 11 is 0. The van der Waals surface area contributed by atoms with Gasteiger partial charge in [-0.3, -0.25) is 4.79 Å². The summed E-state index contributed by atoms with van der Waals surface area (Å²) in [5.41, 5.74) is 0.653. The zero-order valence-corrected chi connectivity index (χ0v) is 9.78. The van der Waals surface area contributed by atoms with Crippen LogP contribution in [0.4, 0.5) is 0 Å². The molecule has 0 spiro atoms. The number of hydrogen-bond donors (Lipinski definition) is 0. The van der Waals surface area contributed by atoms with Crippen molar-refractivity contribution in [1.82, 2.24) is 9.55 Å². The first kappa shape index (κ1) is 11.8. The van der Waals surface area contributed by atoms with Crippen LogP contribution in [0.15, 0.2) is 12.5 Å². The van der Waals surface area contributed by atoms with E-state index >= 15 is 0 Å². The Balaban J connectivity index is 2.38. The van der Waals surface area contributed by atoms with E-state index in [1.54, 1.807) is 12.5 Å². The molecule has 0 aromatic carbocycles. The minimum Gasteiger partial charge on any atom is -0.460 e. The van der Waals surface area contributed by atoms with Crippen molar-refractivity contribution in [1.29, 1.82) is 0 Å². The van der Waals surface area contributed by atoms with Gasteiger partial charge in [-0.2, -0.15) is 0 Å². The maximum absolute atomic E-state index is 11.4. The minimum atomic E-state index is -0.402. The van der Waals surface area contributed by atoms with Crippen molar-refractivity contribution in [2.75, 3.05) is 0 Å². The van der Waals surface area contributed by atoms with Crippen LogP contribution in [0.5, 0.6) is 0 Å². The summed E-state index contributed by atoms with van der Waals surface area (Å²) < 4.78 is 7.14. The molecule has 1 aromatic rings. The van der Waals surface area contributed by atoms with Gasteiger partial charge in [-0.15, -0.1) is 0 Å². The summed E-state index contributed by atoms with van der Waals surface area (Å²) in [6, 6.07) is 0. The fourth-order valence-corrected chi connectivity index (χ4v) is 1.23. The van der Waals surface area contributed by atoms with Crippen molar-refractivity contribution < 1.29 is 9.53 Å². The smallest absolute Gasteiger partial charge is 0.308 e. The van der Waals surface area contributed by atoms with Gasteiger partial charge in [0.25, 0.3) is 0 Å². The lowest BCUT2D eigenvalue weighted by Crippen LogP contribution is -2.24. The molecule has 0 radical (unpaired) electrons. The lowest BCUT2D eigenvalue weighted by Gasteiger charge is -2.19. The molecule has 0 saturated carbocycles. The molecule has 1 rings (SSSR count). The summed E-state index contributed by atoms with van der Waals surface area (Å²) in [5, 5.41) is 0. The van der Waals surface area contributed by atoms with Crippen LogP contribution in [0.1, 0.15) is 32.9 Å². The van der Waals surface area contributed by atoms with E-state index in [0.717, 1.165) is 5.69 Å². The SMILES string of the molecule is Cc1cncn1CCC(=O)OC(C)(C)C. The number of hydrogen-bond acceptors (Lipinski definition) is 3. The van der Waals surface area contributed by atoms with Crippen molar-refractivity contribution >= 4 is 5.97 Å². The van der Waals surface area contributed by atoms with Crippen LogP contribution < -0.4 is 0 Å². The topological polar surface area (TPSA) is 44.1 Å². The highest BCUT2D eigenvalue weighted by Crippen LogP contribution is 2.09. The highest BCUT2D eigenvalue weighted by Gasteiger charge is 2.15. The van der Waals surface area contributed by atoms with Crippen LogP contribution in [0.2, 0.25) is 0 Å². The maximum atomic E-state index is 11.4. The van der Waals surface area contributed by atoms with Crippen LogP contribution in [-0.2, 0) is 16.1 Å². The number of aryl methyl sites for hydroxylation is 2. The number of carbonyl (C=O) groups excluding carboxylic acids is 1. The lowest BCUT2D eigenvalue weighted by molar-refractivity contribution is -0.155. The molecule has 1 aromatic heterocycles. The number of aromatic nitrogens is 2. The largest absolute Gasteiger partial charge is 0.460 e. The highest BCUT2D eigenvalue weighted by molar-refractivity contribution is 5.69. The molecule has 4 nitrogen and oxygen atoms in total. The number of nitrogens with zero attached hydrogens (tertiary/aromatic N) is 2. The number of rotatable bonds is 3. The summed E-state index contributed by atoms with van der Waals surface area (Å²) in [5.74, 6) is -0.171. The Bertz CT molecular complexity index is 337. The molecule has 0 bridgehead atoms. The van der Waals surface area contributed by atoms with E-state index in [-0.39, 0.29) is 5.97 Å². The normalized spacial score (nSPS) is 11.5. The van der Waals surface area contributed by atoms with Crippen molar-refractivity contribution in [2.24, 2.45) is 0 Å². The Kier molecular flexibility index (Phi) is 3.50. The van der Waals surface area contributed by atoms with Crippen molar-refractivity contribution in [3.63, 3.8) is 0 Å². The zero-order valence-electron chi connectivity index (χ0n) is 9.78. The Hall–Kier alpha value is -1.32. The number of ether oxygens (including phenoxy) is 1. The average Bonchev–Trinajstić information content (AvgIpc) is 2.44. The molecular formula is C11H18N2O2. The summed E-state index contributed by atoms with van der Waals surface area (Å²) in [6.07, 6.45) is 3.88. The second-order valence-electron chi connectivity index (χ2n) is 4.56. The average molecular weight is 210 g/mol. The predicted molar refractivity (Wildman–Crippen MR) is 57.4 cm³/mol. The standard InChI is InChI=1S/C11H18N2O2/c1-9-7-12-8-13(9)6-5-10(14)15-11(2,3)4/h7-8H,5-6H2,1-4H3. The second-order valence-corrected chi connectivity index (χ2v) is 4.56. The van der Waals surface area contributed by atoms with Gasteiger partial charge in [0.2, 0.25) is 0 Å². The van der Waals surface area contributed by atoms with Crippen LogP contribution in [-0.4, -0.2) is 21.1 Å². The number of imidazole rings is 1. The first-order valence-electron chi connectivity index (χ1n) is 5.07. The number of esters is 1. The molecular weight excluding hydrogens is 192 g/mol. The van der Waals surface area contributed by atoms with Gasteiger partial charge in [0.1, 0.15) is 5.60 Å². The molecule has 1 heterocycles. The van der Waals surface area contributed by atoms with Gasteiger partial charge >= 0.3 is 5.97 Å². The van der Waals surface area contributed by atoms with Crippen LogP contribution in [0, 0.1) is 6.92 Å². The van der Waals surface area contributed by atoms with Gasteiger partial charge in [0.05, 0.1) is 12.7 Å². The third-order valence-corrected chi connectivity index (χ3v) is 1.90. The maximum Gasteiger partial charge on any atom is 0.308 e. The van der Waals surface area contributed by atoms with E-state index in [4.69, 9.17) is 4.74 Å². The zero-order chi connectivity index (χ0) is 11.5. The van der Waals surface area contributed by atoms with Gasteiger partial charge in [-0.1, -0.05) is 0 Å². The fourth-order valence-electron chi connectivity index (χ4n) is 1.23. The molecule has 0 aliphatic heterocycles. The van der Waals surface area contributed by atoms with E-state index in [1.807, 2.05) is 32.3 Å². The van der Waals surface area contributed by atoms with Gasteiger partial charge < -0.3 is 9.30 Å². The Morgan fingerprint density at radius 1 is 1.53 bits per heavy atom. The van der Waals surface area contributed by atoms with Crippen molar-refractivity contribution in [3.8, 4) is 0 Å². The molecule has 15 heavy (non-hydrogen) atoms. The minimum absolute atomic E-state index is 0.171. The Morgan fingerprint density at radius 2 is 2.20 bits per heavy atom. The lowest BCUT2D eigenvalue weighted by atomic mass is 10.2. The van der Waals surface area contributed by atoms with Gasteiger partial charge in [0.15, 0.2) is 0 Å². The third-order valence-electron chi connectivity index (χ3n) is 1.90. The van der Waals surface area contributed by atoms with E-state index in [1.165, 1.54) is 0 Å². The van der Waals surface area contributed by atoms with Crippen molar-refractivity contribution in [3.05, 3.63) is 18.2 Å². The molecule has 0 aliphatic rings. The molecule has 0 N–H and O–H groups in total. The molecule has 0 saturated heterocycles. The Labute approximate surface area is 90.3 Å². The van der Waals surface area contributed by atoms with E-state index in [9.17, 15) is 4.79 Å². The van der Waals surface area contributed by atoms with Gasteiger partial charge in [-0.05, 0) is 27.7 Å². The fraction of sp³-hybridized carbons (Fsp3) is 0.636. The molecule has 0 aliphatic carbocycles. The van der Waals surface area contributed by atoms with Crippen LogP contribution in [0.3, 0.4) is 0 Å². The van der Waals surface area contributed by atoms with Gasteiger partial charge in [0, 0.05) is 18.4 Å². The molecule has 0 unspecified atom stereocenters. The van der Waals surface area contributed by atoms with E-state index < -0.39 is 5.60 Å². The van der Waals surface area contributed by atoms with Crippen LogP contribution in [0.25, 0.3) is 0 Å². The molecule has 84 valence electrons. The monoisotopic (exact) mass is 210 g/mol. The molecule has 0 amide bonds. The molecule has 4 heteroatoms. The summed E-state index contributed by atoms with van der Waals surface area (Å²) in [7, 11) is 0. The van der Waals surface area contributed by atoms with Crippen LogP contribution >= 0.6 is 0 Å². The van der Waals surface area contributed by atoms with E-state index in [2.05, 4.69) is 4.98 Å². The highest BCUT2D eigenvalue weighted by atomic mass is 16.6. The molecule has 0 fully saturated rings. The summed E-state index contributed by atoms with van der Waals surface area (Å²) in [4.78, 5) is 15.4. The first-order chi connectivity index (χ1) is 6.88. The number of carbonyl (C=O) groups is 1. The summed E-state index contributed by atoms with van der Waals surface area (Å²) in [6.45, 7) is 8.19. The predicted octanol–water partition coefficient (Wildman–Crippen LogP) is 1.92. The first-order valence-corrected chi connectivity index (χ1v) is 5.07. The molecule has 0 atom stereocenters. The Morgan fingerprint density at radius 3 is 2.67 bits per heavy atom. The van der Waals surface area contributed by atoms with E-state index in [0.29, 0.717) is 13.0 Å². The third kappa shape index (κ3) is 4.14. The van der Waals surface area contributed by atoms with Gasteiger partial charge in [-0.25, -0.2) is 4.98 Å². The second kappa shape index (κ2) is 4.47.